The van der Waals surface area contributed by atoms with Crippen LogP contribution in [-0.4, -0.2) is 57.6 Å². The van der Waals surface area contributed by atoms with E-state index >= 15 is 0 Å². The molecule has 8 nitrogen and oxygen atoms in total. The van der Waals surface area contributed by atoms with Crippen molar-refractivity contribution in [2.75, 3.05) is 30.8 Å². The van der Waals surface area contributed by atoms with E-state index in [0.29, 0.717) is 28.0 Å². The third-order valence-electron chi connectivity index (χ3n) is 6.11. The second kappa shape index (κ2) is 14.1. The monoisotopic (exact) mass is 623 g/mol. The Morgan fingerprint density at radius 2 is 1.70 bits per heavy atom. The summed E-state index contributed by atoms with van der Waals surface area (Å²) in [5, 5.41) is 3.19. The first-order valence-corrected chi connectivity index (χ1v) is 15.8. The summed E-state index contributed by atoms with van der Waals surface area (Å²) < 4.78 is 34.8. The van der Waals surface area contributed by atoms with E-state index in [-0.39, 0.29) is 17.1 Å². The molecule has 0 aliphatic rings. The van der Waals surface area contributed by atoms with Crippen LogP contribution >= 0.6 is 35.0 Å². The molecule has 0 fully saturated rings. The van der Waals surface area contributed by atoms with Gasteiger partial charge in [0.2, 0.25) is 11.8 Å². The van der Waals surface area contributed by atoms with Gasteiger partial charge in [0, 0.05) is 18.5 Å². The van der Waals surface area contributed by atoms with Crippen LogP contribution in [0.4, 0.5) is 5.69 Å². The van der Waals surface area contributed by atoms with Crippen LogP contribution in [-0.2, 0) is 26.2 Å². The highest BCUT2D eigenvalue weighted by Gasteiger charge is 2.33. The predicted molar refractivity (Wildman–Crippen MR) is 161 cm³/mol. The van der Waals surface area contributed by atoms with Crippen LogP contribution in [0.1, 0.15) is 19.4 Å². The molecular weight excluding hydrogens is 593 g/mol. The van der Waals surface area contributed by atoms with Gasteiger partial charge in [0.15, 0.2) is 0 Å². The summed E-state index contributed by atoms with van der Waals surface area (Å²) in [5.74, 6) is -0.708. The number of nitrogens with zero attached hydrogens (tertiary/aromatic N) is 2. The summed E-state index contributed by atoms with van der Waals surface area (Å²) in [6, 6.07) is 17.0. The Bertz CT molecular complexity index is 1450. The number of halogens is 2. The Hall–Kier alpha value is -2.92. The zero-order valence-electron chi connectivity index (χ0n) is 22.6. The average Bonchev–Trinajstić information content (AvgIpc) is 2.96. The molecule has 3 rings (SSSR count). The number of nitrogens with one attached hydrogen (secondary N) is 1. The van der Waals surface area contributed by atoms with Gasteiger partial charge < -0.3 is 15.0 Å². The highest BCUT2D eigenvalue weighted by atomic mass is 35.5. The maximum atomic E-state index is 14.0. The number of rotatable bonds is 12. The molecule has 214 valence electrons. The molecule has 0 radical (unpaired) electrons. The lowest BCUT2D eigenvalue weighted by atomic mass is 10.1. The molecule has 0 saturated carbocycles. The number of sulfonamides is 1. The number of anilines is 1. The minimum absolute atomic E-state index is 0.00623. The molecule has 12 heteroatoms. The topological polar surface area (TPSA) is 96.0 Å². The Morgan fingerprint density at radius 1 is 1.02 bits per heavy atom. The number of carbonyl (C=O) groups is 2. The standard InChI is InChI=1S/C28H31Cl2N3O5S2/c1-5-38-26-9-7-6-8-25(26)33(40(36,37)22-13-11-21(39-4)12-14-22)18-27(34)32(19(2)28(35)31-3)17-20-10-15-23(29)24(30)16-20/h6-16,19H,5,17-18H2,1-4H3,(H,31,35)/t19-/m1/s1. The Kier molecular flexibility index (Phi) is 11.2. The van der Waals surface area contributed by atoms with E-state index in [1.165, 1.54) is 35.8 Å². The maximum Gasteiger partial charge on any atom is 0.264 e. The first-order valence-electron chi connectivity index (χ1n) is 12.4. The number of thioether (sulfide) groups is 1. The molecule has 1 atom stereocenters. The molecule has 0 saturated heterocycles. The van der Waals surface area contributed by atoms with E-state index in [1.54, 1.807) is 68.4 Å². The molecule has 2 amide bonds. The van der Waals surface area contributed by atoms with Crippen molar-refractivity contribution in [3.8, 4) is 5.75 Å². The molecule has 3 aromatic rings. The van der Waals surface area contributed by atoms with Gasteiger partial charge in [0.25, 0.3) is 10.0 Å². The van der Waals surface area contributed by atoms with Crippen LogP contribution in [0.25, 0.3) is 0 Å². The smallest absolute Gasteiger partial charge is 0.264 e. The fraction of sp³-hybridized carbons (Fsp3) is 0.286. The first kappa shape index (κ1) is 31.6. The van der Waals surface area contributed by atoms with Crippen molar-refractivity contribution >= 4 is 62.5 Å². The summed E-state index contributed by atoms with van der Waals surface area (Å²) in [5.41, 5.74) is 0.823. The van der Waals surface area contributed by atoms with Gasteiger partial charge in [-0.15, -0.1) is 11.8 Å². The van der Waals surface area contributed by atoms with Crippen LogP contribution in [0.2, 0.25) is 10.0 Å². The molecule has 0 aromatic heterocycles. The lowest BCUT2D eigenvalue weighted by Crippen LogP contribution is -2.50. The normalized spacial score (nSPS) is 11.9. The number of ether oxygens (including phenoxy) is 1. The first-order chi connectivity index (χ1) is 19.0. The summed E-state index contributed by atoms with van der Waals surface area (Å²) in [4.78, 5) is 28.8. The average molecular weight is 625 g/mol. The Balaban J connectivity index is 2.09. The van der Waals surface area contributed by atoms with E-state index in [9.17, 15) is 18.0 Å². The van der Waals surface area contributed by atoms with E-state index in [2.05, 4.69) is 5.32 Å². The van der Waals surface area contributed by atoms with Crippen molar-refractivity contribution in [2.45, 2.75) is 36.2 Å². The summed E-state index contributed by atoms with van der Waals surface area (Å²) in [7, 11) is -2.76. The van der Waals surface area contributed by atoms with Crippen LogP contribution in [0.15, 0.2) is 76.5 Å². The van der Waals surface area contributed by atoms with Crippen LogP contribution in [0.5, 0.6) is 5.75 Å². The fourth-order valence-corrected chi connectivity index (χ4v) is 6.11. The summed E-state index contributed by atoms with van der Waals surface area (Å²) in [6.07, 6.45) is 1.89. The van der Waals surface area contributed by atoms with Gasteiger partial charge >= 0.3 is 0 Å². The van der Waals surface area contributed by atoms with Crippen molar-refractivity contribution in [3.63, 3.8) is 0 Å². The van der Waals surface area contributed by atoms with E-state index in [0.717, 1.165) is 9.20 Å². The fourth-order valence-electron chi connectivity index (χ4n) is 3.96. The van der Waals surface area contributed by atoms with E-state index in [1.807, 2.05) is 6.26 Å². The number of para-hydroxylation sites is 2. The van der Waals surface area contributed by atoms with Crippen molar-refractivity contribution in [3.05, 3.63) is 82.3 Å². The van der Waals surface area contributed by atoms with Crippen molar-refractivity contribution in [1.82, 2.24) is 10.2 Å². The minimum Gasteiger partial charge on any atom is -0.492 e. The molecule has 40 heavy (non-hydrogen) atoms. The van der Waals surface area contributed by atoms with Crippen molar-refractivity contribution < 1.29 is 22.7 Å². The van der Waals surface area contributed by atoms with Gasteiger partial charge in [-0.2, -0.15) is 0 Å². The summed E-state index contributed by atoms with van der Waals surface area (Å²) >= 11 is 13.7. The van der Waals surface area contributed by atoms with Gasteiger partial charge in [-0.25, -0.2) is 8.42 Å². The molecular formula is C28H31Cl2N3O5S2. The number of amides is 2. The molecule has 0 aliphatic carbocycles. The van der Waals surface area contributed by atoms with Gasteiger partial charge in [-0.1, -0.05) is 41.4 Å². The lowest BCUT2D eigenvalue weighted by Gasteiger charge is -2.32. The van der Waals surface area contributed by atoms with E-state index < -0.39 is 34.4 Å². The third-order valence-corrected chi connectivity index (χ3v) is 9.37. The number of hydrogen-bond acceptors (Lipinski definition) is 6. The highest BCUT2D eigenvalue weighted by Crippen LogP contribution is 2.33. The molecule has 0 aliphatic heterocycles. The Morgan fingerprint density at radius 3 is 2.30 bits per heavy atom. The van der Waals surface area contributed by atoms with Crippen molar-refractivity contribution in [1.29, 1.82) is 0 Å². The molecule has 1 N–H and O–H groups in total. The molecule has 0 unspecified atom stereocenters. The zero-order chi connectivity index (χ0) is 29.4. The molecule has 0 spiro atoms. The number of carbonyl (C=O) groups excluding carboxylic acids is 2. The Labute approximate surface area is 249 Å². The SMILES string of the molecule is CCOc1ccccc1N(CC(=O)N(Cc1ccc(Cl)c(Cl)c1)[C@H](C)C(=O)NC)S(=O)(=O)c1ccc(SC)cc1. The highest BCUT2D eigenvalue weighted by molar-refractivity contribution is 7.98. The van der Waals surface area contributed by atoms with Crippen molar-refractivity contribution in [2.24, 2.45) is 0 Å². The maximum absolute atomic E-state index is 14.0. The second-order valence-electron chi connectivity index (χ2n) is 8.65. The summed E-state index contributed by atoms with van der Waals surface area (Å²) in [6.45, 7) is 3.06. The predicted octanol–water partition coefficient (Wildman–Crippen LogP) is 5.47. The molecule has 0 heterocycles. The van der Waals surface area contributed by atoms with Gasteiger partial charge in [-0.3, -0.25) is 13.9 Å². The number of benzene rings is 3. The third kappa shape index (κ3) is 7.42. The number of hydrogen-bond donors (Lipinski definition) is 1. The van der Waals surface area contributed by atoms with Crippen LogP contribution in [0.3, 0.4) is 0 Å². The molecule has 3 aromatic carbocycles. The van der Waals surface area contributed by atoms with E-state index in [4.69, 9.17) is 27.9 Å². The largest absolute Gasteiger partial charge is 0.492 e. The second-order valence-corrected chi connectivity index (χ2v) is 12.2. The number of likely N-dealkylation sites (N-methyl/N-ethyl adjacent to an activating group) is 1. The van der Waals surface area contributed by atoms with Crippen LogP contribution in [0, 0.1) is 0 Å². The van der Waals surface area contributed by atoms with Gasteiger partial charge in [0.05, 0.1) is 27.2 Å². The lowest BCUT2D eigenvalue weighted by molar-refractivity contribution is -0.139. The van der Waals surface area contributed by atoms with Crippen LogP contribution < -0.4 is 14.4 Å². The molecule has 0 bridgehead atoms. The zero-order valence-corrected chi connectivity index (χ0v) is 25.7. The van der Waals surface area contributed by atoms with Gasteiger partial charge in [0.1, 0.15) is 18.3 Å². The minimum atomic E-state index is -4.23. The quantitative estimate of drug-likeness (QED) is 0.269. The van der Waals surface area contributed by atoms with Gasteiger partial charge in [-0.05, 0) is 74.2 Å².